The molecule has 0 saturated heterocycles. The van der Waals surface area contributed by atoms with Gasteiger partial charge in [-0.3, -0.25) is 15.0 Å². The molecular formula is C26H31ClN4O4. The lowest BCUT2D eigenvalue weighted by Crippen LogP contribution is -2.42. The fourth-order valence-electron chi connectivity index (χ4n) is 3.55. The number of halogens is 1. The summed E-state index contributed by atoms with van der Waals surface area (Å²) in [7, 11) is 1.31. The molecule has 9 heteroatoms. The van der Waals surface area contributed by atoms with Gasteiger partial charge in [0.15, 0.2) is 12.4 Å². The number of aromatic nitrogens is 1. The zero-order chi connectivity index (χ0) is 24.0. The number of nitrogen functional groups attached to an aromatic ring is 1. The molecule has 0 aliphatic carbocycles. The third kappa shape index (κ3) is 7.55. The third-order valence-electron chi connectivity index (χ3n) is 5.44. The van der Waals surface area contributed by atoms with Gasteiger partial charge in [0, 0.05) is 29.3 Å². The number of benzene rings is 2. The number of amidine groups is 1. The molecule has 0 bridgehead atoms. The molecule has 0 aliphatic heterocycles. The second kappa shape index (κ2) is 13.1. The minimum Gasteiger partial charge on any atom is -0.619 e. The molecule has 3 aromatic rings. The molecule has 3 rings (SSSR count). The first-order valence-electron chi connectivity index (χ1n) is 10.4. The molecule has 2 atom stereocenters. The van der Waals surface area contributed by atoms with Crippen LogP contribution in [-0.4, -0.2) is 30.9 Å². The number of methoxy groups -OCH3 is 1. The highest BCUT2D eigenvalue weighted by molar-refractivity contribution is 5.95. The number of nitrogens with two attached hydrogens (primary N) is 1. The smallest absolute Gasteiger partial charge is 0.311 e. The van der Waals surface area contributed by atoms with Crippen LogP contribution >= 0.6 is 12.4 Å². The van der Waals surface area contributed by atoms with E-state index in [0.29, 0.717) is 22.3 Å². The summed E-state index contributed by atoms with van der Waals surface area (Å²) in [4.78, 5) is 25.3. The van der Waals surface area contributed by atoms with Crippen LogP contribution in [0.5, 0.6) is 0 Å². The average Bonchev–Trinajstić information content (AvgIpc) is 2.82. The highest BCUT2D eigenvalue weighted by Crippen LogP contribution is 2.20. The van der Waals surface area contributed by atoms with Crippen LogP contribution in [0.2, 0.25) is 0 Å². The van der Waals surface area contributed by atoms with Crippen LogP contribution in [0.3, 0.4) is 0 Å². The molecule has 2 aromatic carbocycles. The Morgan fingerprint density at radius 2 is 1.66 bits per heavy atom. The molecule has 0 spiro atoms. The van der Waals surface area contributed by atoms with Crippen molar-refractivity contribution in [3.8, 4) is 11.1 Å². The number of hydrogen-bond acceptors (Lipinski definition) is 5. The van der Waals surface area contributed by atoms with Gasteiger partial charge in [-0.25, -0.2) is 0 Å². The first kappa shape index (κ1) is 29.1. The zero-order valence-corrected chi connectivity index (χ0v) is 19.7. The Kier molecular flexibility index (Phi) is 10.9. The van der Waals surface area contributed by atoms with Crippen molar-refractivity contribution in [1.29, 1.82) is 5.41 Å². The molecule has 0 radical (unpaired) electrons. The number of nitrogens with one attached hydrogen (secondary N) is 2. The van der Waals surface area contributed by atoms with Crippen LogP contribution < -0.4 is 15.8 Å². The highest BCUT2D eigenvalue weighted by atomic mass is 35.5. The lowest BCUT2D eigenvalue weighted by Gasteiger charge is -2.23. The van der Waals surface area contributed by atoms with E-state index in [-0.39, 0.29) is 31.6 Å². The second-order valence-corrected chi connectivity index (χ2v) is 7.73. The van der Waals surface area contributed by atoms with Crippen LogP contribution in [0.15, 0.2) is 73.1 Å². The zero-order valence-electron chi connectivity index (χ0n) is 18.9. The molecule has 1 amide bonds. The standard InChI is InChI=1S/C25H26N4O4.CH4.ClH/c1-16(22(25(31)33-2)15-17-4-3-5-21(14-17)23(26)27)28-24(30)20-8-6-18(7-9-20)19-10-12-29(32)13-11-19;;/h3-14,16,22H,15H2,1-2H3,(H3,26,27)(H,28,30);1H4;1H/t16-,22?;;/m1../s1. The van der Waals surface area contributed by atoms with Crippen molar-refractivity contribution < 1.29 is 19.1 Å². The number of carbonyl (C=O) groups is 2. The van der Waals surface area contributed by atoms with Crippen LogP contribution in [0.4, 0.5) is 0 Å². The van der Waals surface area contributed by atoms with Crippen LogP contribution in [-0.2, 0) is 16.0 Å². The lowest BCUT2D eigenvalue weighted by atomic mass is 9.92. The Labute approximate surface area is 211 Å². The van der Waals surface area contributed by atoms with Gasteiger partial charge in [0.1, 0.15) is 5.84 Å². The molecule has 0 aliphatic rings. The van der Waals surface area contributed by atoms with Crippen LogP contribution in [0.25, 0.3) is 11.1 Å². The maximum Gasteiger partial charge on any atom is 0.311 e. The summed E-state index contributed by atoms with van der Waals surface area (Å²) < 4.78 is 5.67. The van der Waals surface area contributed by atoms with E-state index < -0.39 is 17.9 Å². The summed E-state index contributed by atoms with van der Waals surface area (Å²) in [5.41, 5.74) is 9.12. The van der Waals surface area contributed by atoms with Gasteiger partial charge in [-0.15, -0.1) is 12.4 Å². The average molecular weight is 499 g/mol. The molecule has 8 nitrogen and oxygen atoms in total. The van der Waals surface area contributed by atoms with E-state index >= 15 is 0 Å². The van der Waals surface area contributed by atoms with Crippen molar-refractivity contribution in [3.05, 3.63) is 95.0 Å². The van der Waals surface area contributed by atoms with E-state index in [1.165, 1.54) is 19.5 Å². The number of carbonyl (C=O) groups excluding carboxylic acids is 2. The lowest BCUT2D eigenvalue weighted by molar-refractivity contribution is -0.605. The summed E-state index contributed by atoms with van der Waals surface area (Å²) >= 11 is 0. The Hall–Kier alpha value is -3.91. The van der Waals surface area contributed by atoms with Gasteiger partial charge in [0.2, 0.25) is 0 Å². The summed E-state index contributed by atoms with van der Waals surface area (Å²) in [6, 6.07) is 17.0. The number of rotatable bonds is 8. The highest BCUT2D eigenvalue weighted by Gasteiger charge is 2.28. The maximum atomic E-state index is 12.8. The van der Waals surface area contributed by atoms with Gasteiger partial charge in [-0.2, -0.15) is 4.73 Å². The van der Waals surface area contributed by atoms with E-state index in [1.54, 1.807) is 61.5 Å². The van der Waals surface area contributed by atoms with E-state index in [0.717, 1.165) is 16.7 Å². The molecule has 1 unspecified atom stereocenters. The molecule has 0 fully saturated rings. The summed E-state index contributed by atoms with van der Waals surface area (Å²) in [6.07, 6.45) is 3.15. The van der Waals surface area contributed by atoms with Gasteiger partial charge in [-0.1, -0.05) is 37.8 Å². The summed E-state index contributed by atoms with van der Waals surface area (Å²) in [6.45, 7) is 1.75. The van der Waals surface area contributed by atoms with Crippen molar-refractivity contribution in [2.45, 2.75) is 26.8 Å². The largest absolute Gasteiger partial charge is 0.619 e. The van der Waals surface area contributed by atoms with Gasteiger partial charge < -0.3 is 21.0 Å². The number of pyridine rings is 1. The Bertz CT molecular complexity index is 1150. The minimum atomic E-state index is -0.622. The number of nitrogens with zero attached hydrogens (tertiary/aromatic N) is 1. The molecule has 0 saturated carbocycles. The molecular weight excluding hydrogens is 468 g/mol. The first-order chi connectivity index (χ1) is 15.8. The summed E-state index contributed by atoms with van der Waals surface area (Å²) in [5.74, 6) is -1.43. The number of ether oxygens (including phenoxy) is 1. The quantitative estimate of drug-likeness (QED) is 0.144. The predicted molar refractivity (Wildman–Crippen MR) is 138 cm³/mol. The third-order valence-corrected chi connectivity index (χ3v) is 5.44. The number of hydrogen-bond donors (Lipinski definition) is 3. The fraction of sp³-hybridized carbons (Fsp3) is 0.231. The molecule has 186 valence electrons. The second-order valence-electron chi connectivity index (χ2n) is 7.73. The minimum absolute atomic E-state index is 0. The Morgan fingerprint density at radius 1 is 1.06 bits per heavy atom. The SMILES string of the molecule is C.COC(=O)C(Cc1cccc(C(=N)N)c1)[C@@H](C)NC(=O)c1ccc(-c2cc[n+]([O-])cc2)cc1.Cl. The van der Waals surface area contributed by atoms with E-state index in [4.69, 9.17) is 15.9 Å². The predicted octanol–water partition coefficient (Wildman–Crippen LogP) is 3.48. The number of amides is 1. The van der Waals surface area contributed by atoms with Gasteiger partial charge in [-0.05, 0) is 48.2 Å². The van der Waals surface area contributed by atoms with Crippen LogP contribution in [0.1, 0.15) is 35.8 Å². The van der Waals surface area contributed by atoms with Gasteiger partial charge >= 0.3 is 5.97 Å². The monoisotopic (exact) mass is 498 g/mol. The van der Waals surface area contributed by atoms with Gasteiger partial charge in [0.25, 0.3) is 5.91 Å². The first-order valence-corrected chi connectivity index (χ1v) is 10.4. The van der Waals surface area contributed by atoms with Crippen molar-refractivity contribution in [2.24, 2.45) is 11.7 Å². The molecule has 4 N–H and O–H groups in total. The molecule has 1 heterocycles. The topological polar surface area (TPSA) is 132 Å². The normalized spacial score (nSPS) is 11.7. The van der Waals surface area contributed by atoms with Crippen LogP contribution in [0, 0.1) is 16.5 Å². The van der Waals surface area contributed by atoms with E-state index in [1.807, 2.05) is 6.07 Å². The van der Waals surface area contributed by atoms with Gasteiger partial charge in [0.05, 0.1) is 13.0 Å². The van der Waals surface area contributed by atoms with Crippen molar-refractivity contribution >= 4 is 30.1 Å². The van der Waals surface area contributed by atoms with E-state index in [9.17, 15) is 14.8 Å². The van der Waals surface area contributed by atoms with Crippen molar-refractivity contribution in [3.63, 3.8) is 0 Å². The van der Waals surface area contributed by atoms with E-state index in [2.05, 4.69) is 5.32 Å². The maximum absolute atomic E-state index is 12.8. The Balaban J connectivity index is 0.00000306. The summed E-state index contributed by atoms with van der Waals surface area (Å²) in [5, 5.41) is 21.7. The fourth-order valence-corrected chi connectivity index (χ4v) is 3.55. The molecule has 1 aromatic heterocycles. The number of esters is 1. The molecule has 35 heavy (non-hydrogen) atoms. The van der Waals surface area contributed by atoms with Crippen molar-refractivity contribution in [1.82, 2.24) is 5.32 Å². The Morgan fingerprint density at radius 3 is 2.23 bits per heavy atom. The van der Waals surface area contributed by atoms with Crippen molar-refractivity contribution in [2.75, 3.05) is 7.11 Å².